The monoisotopic (exact) mass is 388 g/mol. The Morgan fingerprint density at radius 1 is 1.11 bits per heavy atom. The Hall–Kier alpha value is -2.52. The molecule has 0 spiro atoms. The fourth-order valence-electron chi connectivity index (χ4n) is 2.99. The van der Waals surface area contributed by atoms with Crippen molar-refractivity contribution >= 4 is 29.0 Å². The van der Waals surface area contributed by atoms with Gasteiger partial charge >= 0.3 is 0 Å². The number of benzene rings is 1. The zero-order chi connectivity index (χ0) is 19.1. The summed E-state index contributed by atoms with van der Waals surface area (Å²) in [5.74, 6) is -0.573. The molecule has 0 bridgehead atoms. The summed E-state index contributed by atoms with van der Waals surface area (Å²) in [6.45, 7) is 6.30. The molecule has 2 N–H and O–H groups in total. The maximum absolute atomic E-state index is 12.1. The average Bonchev–Trinajstić information content (AvgIpc) is 3.20. The maximum atomic E-state index is 12.1. The van der Waals surface area contributed by atoms with Gasteiger partial charge in [-0.3, -0.25) is 25.3 Å². The summed E-state index contributed by atoms with van der Waals surface area (Å²) in [4.78, 5) is 29.1. The predicted molar refractivity (Wildman–Crippen MR) is 105 cm³/mol. The number of carbonyl (C=O) groups excluding carboxylic acids is 2. The molecule has 1 fully saturated rings. The second kappa shape index (κ2) is 9.43. The molecule has 0 unspecified atom stereocenters. The first-order valence-corrected chi connectivity index (χ1v) is 9.87. The molecule has 2 amide bonds. The summed E-state index contributed by atoms with van der Waals surface area (Å²) >= 11 is 1.03. The van der Waals surface area contributed by atoms with Crippen LogP contribution in [0.4, 0.5) is 5.69 Å². The minimum Gasteiger partial charge on any atom is -0.369 e. The van der Waals surface area contributed by atoms with Gasteiger partial charge in [-0.05, 0) is 30.1 Å². The van der Waals surface area contributed by atoms with E-state index >= 15 is 0 Å². The number of hydrazine groups is 1. The van der Waals surface area contributed by atoms with E-state index in [2.05, 4.69) is 42.4 Å². The molecular weight excluding hydrogens is 364 g/mol. The number of para-hydroxylation sites is 1. The number of rotatable bonds is 6. The normalized spacial score (nSPS) is 14.8. The van der Waals surface area contributed by atoms with Crippen molar-refractivity contribution in [1.29, 1.82) is 0 Å². The van der Waals surface area contributed by atoms with Crippen LogP contribution in [0, 0.1) is 0 Å². The van der Waals surface area contributed by atoms with E-state index in [0.717, 1.165) is 37.7 Å². The van der Waals surface area contributed by atoms with E-state index in [9.17, 15) is 9.59 Å². The summed E-state index contributed by atoms with van der Waals surface area (Å²) < 4.78 is 3.77. The smallest absolute Gasteiger partial charge is 0.283 e. The highest BCUT2D eigenvalue weighted by atomic mass is 32.1. The fourth-order valence-corrected chi connectivity index (χ4v) is 3.63. The van der Waals surface area contributed by atoms with Gasteiger partial charge in [0.1, 0.15) is 4.88 Å². The van der Waals surface area contributed by atoms with Crippen molar-refractivity contribution in [2.45, 2.75) is 19.8 Å². The summed E-state index contributed by atoms with van der Waals surface area (Å²) in [7, 11) is 0. The van der Waals surface area contributed by atoms with Crippen LogP contribution in [0.1, 0.15) is 28.7 Å². The van der Waals surface area contributed by atoms with Crippen LogP contribution in [-0.2, 0) is 11.2 Å². The van der Waals surface area contributed by atoms with Gasteiger partial charge in [0.25, 0.3) is 5.91 Å². The Morgan fingerprint density at radius 3 is 2.56 bits per heavy atom. The number of nitrogens with zero attached hydrogens (tertiary/aromatic N) is 4. The molecule has 1 aliphatic heterocycles. The molecule has 0 atom stereocenters. The Morgan fingerprint density at radius 2 is 1.85 bits per heavy atom. The Bertz CT molecular complexity index is 758. The maximum Gasteiger partial charge on any atom is 0.283 e. The van der Waals surface area contributed by atoms with Crippen molar-refractivity contribution in [3.05, 3.63) is 40.9 Å². The molecule has 1 aromatic carbocycles. The van der Waals surface area contributed by atoms with Crippen LogP contribution in [0.2, 0.25) is 0 Å². The third kappa shape index (κ3) is 5.24. The van der Waals surface area contributed by atoms with Crippen LogP contribution in [-0.4, -0.2) is 59.0 Å². The topological polar surface area (TPSA) is 90.5 Å². The molecule has 0 radical (unpaired) electrons. The minimum absolute atomic E-state index is 0.204. The molecule has 2 aromatic rings. The van der Waals surface area contributed by atoms with E-state index in [1.807, 2.05) is 25.1 Å². The van der Waals surface area contributed by atoms with Crippen LogP contribution in [0.25, 0.3) is 0 Å². The number of aromatic nitrogens is 2. The van der Waals surface area contributed by atoms with Gasteiger partial charge in [0.2, 0.25) is 5.91 Å². The van der Waals surface area contributed by atoms with Gasteiger partial charge < -0.3 is 4.90 Å². The number of aryl methyl sites for hydroxylation is 1. The zero-order valence-corrected chi connectivity index (χ0v) is 16.2. The number of piperazine rings is 1. The van der Waals surface area contributed by atoms with Crippen LogP contribution < -0.4 is 15.8 Å². The molecule has 8 nitrogen and oxygen atoms in total. The number of hydrogen-bond donors (Lipinski definition) is 2. The number of hydrogen-bond acceptors (Lipinski definition) is 7. The molecule has 3 rings (SSSR count). The van der Waals surface area contributed by atoms with Gasteiger partial charge in [-0.1, -0.05) is 29.6 Å². The highest BCUT2D eigenvalue weighted by Gasteiger charge is 2.18. The molecular formula is C18H24N6O2S. The average molecular weight is 388 g/mol. The van der Waals surface area contributed by atoms with Crippen LogP contribution >= 0.6 is 11.5 Å². The molecule has 0 aliphatic carbocycles. The zero-order valence-electron chi connectivity index (χ0n) is 15.4. The van der Waals surface area contributed by atoms with Crippen molar-refractivity contribution in [3.8, 4) is 0 Å². The molecule has 27 heavy (non-hydrogen) atoms. The molecule has 144 valence electrons. The van der Waals surface area contributed by atoms with E-state index in [4.69, 9.17) is 0 Å². The van der Waals surface area contributed by atoms with Gasteiger partial charge in [-0.25, -0.2) is 0 Å². The second-order valence-corrected chi connectivity index (χ2v) is 7.07. The lowest BCUT2D eigenvalue weighted by atomic mass is 10.2. The van der Waals surface area contributed by atoms with E-state index < -0.39 is 0 Å². The van der Waals surface area contributed by atoms with Gasteiger partial charge in [0, 0.05) is 44.8 Å². The first kappa shape index (κ1) is 19.2. The van der Waals surface area contributed by atoms with Gasteiger partial charge in [0.05, 0.1) is 5.69 Å². The van der Waals surface area contributed by atoms with E-state index in [1.54, 1.807) is 0 Å². The molecule has 1 saturated heterocycles. The van der Waals surface area contributed by atoms with E-state index in [0.29, 0.717) is 30.0 Å². The lowest BCUT2D eigenvalue weighted by Crippen LogP contribution is -2.48. The van der Waals surface area contributed by atoms with Crippen molar-refractivity contribution in [2.24, 2.45) is 0 Å². The van der Waals surface area contributed by atoms with Crippen molar-refractivity contribution in [2.75, 3.05) is 37.6 Å². The summed E-state index contributed by atoms with van der Waals surface area (Å²) in [6, 6.07) is 10.4. The quantitative estimate of drug-likeness (QED) is 0.720. The summed E-state index contributed by atoms with van der Waals surface area (Å²) in [6.07, 6.45) is 0.968. The predicted octanol–water partition coefficient (Wildman–Crippen LogP) is 1.07. The second-order valence-electron chi connectivity index (χ2n) is 6.32. The van der Waals surface area contributed by atoms with Gasteiger partial charge in [0.15, 0.2) is 0 Å². The largest absolute Gasteiger partial charge is 0.369 e. The third-order valence-corrected chi connectivity index (χ3v) is 5.33. The first-order valence-electron chi connectivity index (χ1n) is 9.10. The van der Waals surface area contributed by atoms with E-state index in [1.165, 1.54) is 5.69 Å². The molecule has 1 aromatic heterocycles. The molecule has 1 aliphatic rings. The fraction of sp³-hybridized carbons (Fsp3) is 0.444. The first-order chi connectivity index (χ1) is 13.2. The van der Waals surface area contributed by atoms with Crippen molar-refractivity contribution in [1.82, 2.24) is 25.3 Å². The van der Waals surface area contributed by atoms with Crippen LogP contribution in [0.15, 0.2) is 30.3 Å². The lowest BCUT2D eigenvalue weighted by molar-refractivity contribution is -0.122. The summed E-state index contributed by atoms with van der Waals surface area (Å²) in [5.41, 5.74) is 6.79. The Kier molecular flexibility index (Phi) is 6.72. The number of carbonyl (C=O) groups is 2. The Balaban J connectivity index is 1.36. The van der Waals surface area contributed by atoms with E-state index in [-0.39, 0.29) is 11.8 Å². The van der Waals surface area contributed by atoms with Crippen LogP contribution in [0.3, 0.4) is 0 Å². The Labute approximate surface area is 162 Å². The highest BCUT2D eigenvalue weighted by Crippen LogP contribution is 2.15. The number of amides is 2. The minimum atomic E-state index is -0.369. The summed E-state index contributed by atoms with van der Waals surface area (Å²) in [5, 5.41) is 3.89. The molecule has 9 heteroatoms. The molecule has 0 saturated carbocycles. The van der Waals surface area contributed by atoms with Gasteiger partial charge in [-0.15, -0.1) is 5.10 Å². The third-order valence-electron chi connectivity index (χ3n) is 4.56. The standard InChI is InChI=1S/C18H24N6O2S/c1-2-15-17(27-22-19-15)18(26)21-20-16(25)8-9-23-10-12-24(13-11-23)14-6-4-3-5-7-14/h3-7H,2,8-13H2,1H3,(H,20,25)(H,21,26). The highest BCUT2D eigenvalue weighted by molar-refractivity contribution is 7.08. The van der Waals surface area contributed by atoms with Gasteiger partial charge in [-0.2, -0.15) is 0 Å². The van der Waals surface area contributed by atoms with Crippen molar-refractivity contribution < 1.29 is 9.59 Å². The number of anilines is 1. The SMILES string of the molecule is CCc1nnsc1C(=O)NNC(=O)CCN1CCN(c2ccccc2)CC1. The number of nitrogens with one attached hydrogen (secondary N) is 2. The molecule has 2 heterocycles. The lowest BCUT2D eigenvalue weighted by Gasteiger charge is -2.36. The van der Waals surface area contributed by atoms with Crippen LogP contribution in [0.5, 0.6) is 0 Å². The van der Waals surface area contributed by atoms with Crippen molar-refractivity contribution in [3.63, 3.8) is 0 Å².